The standard InChI is InChI=1S/C14H16ClN3O2S/c1-3-20-14-12(15)6-10(7-17-14)13(19)16-5-4-11-8-21-9(2)18-11/h6-8H,3-5H2,1-2H3,(H,16,19). The van der Waals surface area contributed by atoms with Crippen LogP contribution in [0.3, 0.4) is 0 Å². The number of rotatable bonds is 6. The summed E-state index contributed by atoms with van der Waals surface area (Å²) in [5.41, 5.74) is 1.40. The summed E-state index contributed by atoms with van der Waals surface area (Å²) in [6.45, 7) is 4.80. The Balaban J connectivity index is 1.89. The second kappa shape index (κ2) is 7.38. The molecular weight excluding hydrogens is 310 g/mol. The third kappa shape index (κ3) is 4.41. The lowest BCUT2D eigenvalue weighted by atomic mass is 10.2. The van der Waals surface area contributed by atoms with Crippen molar-refractivity contribution in [1.29, 1.82) is 0 Å². The molecule has 0 fully saturated rings. The summed E-state index contributed by atoms with van der Waals surface area (Å²) in [4.78, 5) is 20.4. The van der Waals surface area contributed by atoms with E-state index in [1.165, 1.54) is 6.20 Å². The van der Waals surface area contributed by atoms with Crippen LogP contribution in [0.15, 0.2) is 17.6 Å². The molecule has 0 aliphatic carbocycles. The van der Waals surface area contributed by atoms with E-state index >= 15 is 0 Å². The van der Waals surface area contributed by atoms with Gasteiger partial charge in [0.1, 0.15) is 5.02 Å². The molecule has 2 aromatic heterocycles. The summed E-state index contributed by atoms with van der Waals surface area (Å²) in [6, 6.07) is 1.56. The van der Waals surface area contributed by atoms with Crippen LogP contribution in [0.5, 0.6) is 5.88 Å². The topological polar surface area (TPSA) is 64.1 Å². The molecule has 0 aromatic carbocycles. The molecule has 5 nitrogen and oxygen atoms in total. The zero-order chi connectivity index (χ0) is 15.2. The second-order valence-corrected chi connectivity index (χ2v) is 5.78. The van der Waals surface area contributed by atoms with Crippen LogP contribution in [-0.4, -0.2) is 29.0 Å². The van der Waals surface area contributed by atoms with Crippen LogP contribution >= 0.6 is 22.9 Å². The molecule has 0 aliphatic heterocycles. The van der Waals surface area contributed by atoms with Crippen molar-refractivity contribution in [3.63, 3.8) is 0 Å². The lowest BCUT2D eigenvalue weighted by molar-refractivity contribution is 0.0953. The highest BCUT2D eigenvalue weighted by Gasteiger charge is 2.10. The number of ether oxygens (including phenoxy) is 1. The quantitative estimate of drug-likeness (QED) is 0.887. The fourth-order valence-corrected chi connectivity index (χ4v) is 2.59. The summed E-state index contributed by atoms with van der Waals surface area (Å²) >= 11 is 7.61. The molecule has 0 spiro atoms. The van der Waals surface area contributed by atoms with E-state index in [9.17, 15) is 4.79 Å². The zero-order valence-corrected chi connectivity index (χ0v) is 13.4. The van der Waals surface area contributed by atoms with Gasteiger partial charge in [0.2, 0.25) is 5.88 Å². The minimum Gasteiger partial charge on any atom is -0.477 e. The van der Waals surface area contributed by atoms with Gasteiger partial charge in [0.05, 0.1) is 22.9 Å². The van der Waals surface area contributed by atoms with Crippen molar-refractivity contribution in [3.8, 4) is 5.88 Å². The van der Waals surface area contributed by atoms with Gasteiger partial charge in [-0.1, -0.05) is 11.6 Å². The fourth-order valence-electron chi connectivity index (χ4n) is 1.72. The van der Waals surface area contributed by atoms with Gasteiger partial charge in [-0.3, -0.25) is 4.79 Å². The van der Waals surface area contributed by atoms with Gasteiger partial charge in [0.15, 0.2) is 0 Å². The molecule has 2 heterocycles. The van der Waals surface area contributed by atoms with E-state index in [4.69, 9.17) is 16.3 Å². The molecule has 0 atom stereocenters. The van der Waals surface area contributed by atoms with Crippen LogP contribution in [0, 0.1) is 6.92 Å². The van der Waals surface area contributed by atoms with Crippen LogP contribution < -0.4 is 10.1 Å². The molecule has 0 aliphatic rings. The third-order valence-corrected chi connectivity index (χ3v) is 3.78. The monoisotopic (exact) mass is 325 g/mol. The Morgan fingerprint density at radius 3 is 2.95 bits per heavy atom. The van der Waals surface area contributed by atoms with Gasteiger partial charge >= 0.3 is 0 Å². The maximum atomic E-state index is 12.0. The summed E-state index contributed by atoms with van der Waals surface area (Å²) in [5.74, 6) is 0.132. The first-order chi connectivity index (χ1) is 10.1. The molecule has 1 N–H and O–H groups in total. The Bertz CT molecular complexity index is 630. The largest absolute Gasteiger partial charge is 0.477 e. The Morgan fingerprint density at radius 1 is 1.52 bits per heavy atom. The summed E-state index contributed by atoms with van der Waals surface area (Å²) in [7, 11) is 0. The molecule has 21 heavy (non-hydrogen) atoms. The summed E-state index contributed by atoms with van der Waals surface area (Å²) in [5, 5.41) is 6.18. The fraction of sp³-hybridized carbons (Fsp3) is 0.357. The van der Waals surface area contributed by atoms with E-state index in [1.807, 2.05) is 19.2 Å². The molecule has 2 aromatic rings. The van der Waals surface area contributed by atoms with Crippen molar-refractivity contribution in [2.24, 2.45) is 0 Å². The Labute approximate surface area is 132 Å². The second-order valence-electron chi connectivity index (χ2n) is 4.31. The SMILES string of the molecule is CCOc1ncc(C(=O)NCCc2csc(C)n2)cc1Cl. The number of aryl methyl sites for hydroxylation is 1. The van der Waals surface area contributed by atoms with Gasteiger partial charge in [0, 0.05) is 24.5 Å². The predicted molar refractivity (Wildman–Crippen MR) is 83.3 cm³/mol. The average Bonchev–Trinajstić information content (AvgIpc) is 2.87. The smallest absolute Gasteiger partial charge is 0.252 e. The van der Waals surface area contributed by atoms with E-state index in [0.717, 1.165) is 10.7 Å². The van der Waals surface area contributed by atoms with E-state index in [2.05, 4.69) is 15.3 Å². The number of carbonyl (C=O) groups excluding carboxylic acids is 1. The number of carbonyl (C=O) groups is 1. The van der Waals surface area contributed by atoms with Crippen molar-refractivity contribution in [2.75, 3.05) is 13.2 Å². The van der Waals surface area contributed by atoms with Gasteiger partial charge < -0.3 is 10.1 Å². The van der Waals surface area contributed by atoms with Gasteiger partial charge in [0.25, 0.3) is 5.91 Å². The number of thiazole rings is 1. The molecule has 7 heteroatoms. The maximum Gasteiger partial charge on any atom is 0.252 e. The van der Waals surface area contributed by atoms with Crippen molar-refractivity contribution >= 4 is 28.8 Å². The van der Waals surface area contributed by atoms with Crippen LogP contribution in [0.1, 0.15) is 28.0 Å². The van der Waals surface area contributed by atoms with E-state index in [0.29, 0.717) is 36.0 Å². The molecule has 0 saturated carbocycles. The number of hydrogen-bond donors (Lipinski definition) is 1. The molecule has 0 bridgehead atoms. The molecule has 112 valence electrons. The number of halogens is 1. The van der Waals surface area contributed by atoms with Crippen molar-refractivity contribution in [3.05, 3.63) is 38.9 Å². The van der Waals surface area contributed by atoms with E-state index in [1.54, 1.807) is 17.4 Å². The third-order valence-electron chi connectivity index (χ3n) is 2.68. The number of aromatic nitrogens is 2. The van der Waals surface area contributed by atoms with Crippen LogP contribution in [0.25, 0.3) is 0 Å². The summed E-state index contributed by atoms with van der Waals surface area (Å²) < 4.78 is 5.23. The first-order valence-corrected chi connectivity index (χ1v) is 7.83. The highest BCUT2D eigenvalue weighted by Crippen LogP contribution is 2.22. The van der Waals surface area contributed by atoms with Gasteiger partial charge in [-0.2, -0.15) is 0 Å². The average molecular weight is 326 g/mol. The Morgan fingerprint density at radius 2 is 2.33 bits per heavy atom. The molecule has 1 amide bonds. The van der Waals surface area contributed by atoms with Crippen LogP contribution in [-0.2, 0) is 6.42 Å². The molecule has 2 rings (SSSR count). The highest BCUT2D eigenvalue weighted by atomic mass is 35.5. The predicted octanol–water partition coefficient (Wildman–Crippen LogP) is 2.87. The minimum absolute atomic E-state index is 0.209. The normalized spacial score (nSPS) is 10.4. The Hall–Kier alpha value is -1.66. The number of nitrogens with zero attached hydrogens (tertiary/aromatic N) is 2. The molecule has 0 saturated heterocycles. The zero-order valence-electron chi connectivity index (χ0n) is 11.9. The molecule has 0 unspecified atom stereocenters. The van der Waals surface area contributed by atoms with Crippen molar-refractivity contribution in [1.82, 2.24) is 15.3 Å². The number of amides is 1. The van der Waals surface area contributed by atoms with E-state index in [-0.39, 0.29) is 5.91 Å². The first kappa shape index (κ1) is 15.7. The maximum absolute atomic E-state index is 12.0. The van der Waals surface area contributed by atoms with Crippen molar-refractivity contribution in [2.45, 2.75) is 20.3 Å². The van der Waals surface area contributed by atoms with Crippen molar-refractivity contribution < 1.29 is 9.53 Å². The van der Waals surface area contributed by atoms with E-state index < -0.39 is 0 Å². The summed E-state index contributed by atoms with van der Waals surface area (Å²) in [6.07, 6.45) is 2.16. The van der Waals surface area contributed by atoms with Crippen LogP contribution in [0.4, 0.5) is 0 Å². The number of pyridine rings is 1. The number of hydrogen-bond acceptors (Lipinski definition) is 5. The van der Waals surface area contributed by atoms with Crippen LogP contribution in [0.2, 0.25) is 5.02 Å². The lowest BCUT2D eigenvalue weighted by Crippen LogP contribution is -2.26. The lowest BCUT2D eigenvalue weighted by Gasteiger charge is -2.07. The Kier molecular flexibility index (Phi) is 5.52. The minimum atomic E-state index is -0.209. The molecular formula is C14H16ClN3O2S. The first-order valence-electron chi connectivity index (χ1n) is 6.57. The highest BCUT2D eigenvalue weighted by molar-refractivity contribution is 7.09. The van der Waals surface area contributed by atoms with Gasteiger partial charge in [-0.25, -0.2) is 9.97 Å². The van der Waals surface area contributed by atoms with Gasteiger partial charge in [-0.15, -0.1) is 11.3 Å². The number of nitrogens with one attached hydrogen (secondary N) is 1. The molecule has 0 radical (unpaired) electrons. The van der Waals surface area contributed by atoms with Gasteiger partial charge in [-0.05, 0) is 19.9 Å².